The third-order valence-electron chi connectivity index (χ3n) is 5.07. The van der Waals surface area contributed by atoms with Gasteiger partial charge in [-0.15, -0.1) is 0 Å². The molecule has 1 unspecified atom stereocenters. The first-order valence-corrected chi connectivity index (χ1v) is 8.93. The Labute approximate surface area is 161 Å². The summed E-state index contributed by atoms with van der Waals surface area (Å²) in [6.07, 6.45) is -3.00. The van der Waals surface area contributed by atoms with Crippen molar-refractivity contribution in [3.63, 3.8) is 0 Å². The summed E-state index contributed by atoms with van der Waals surface area (Å²) in [7, 11) is 1.96. The van der Waals surface area contributed by atoms with Crippen molar-refractivity contribution in [3.8, 4) is 6.07 Å². The van der Waals surface area contributed by atoms with E-state index in [-0.39, 0.29) is 11.1 Å². The molecular weight excluding hydrogens is 367 g/mol. The number of nitrogens with zero attached hydrogens (tertiary/aromatic N) is 2. The van der Waals surface area contributed by atoms with Crippen molar-refractivity contribution in [1.82, 2.24) is 10.2 Å². The molecule has 2 aromatic rings. The Morgan fingerprint density at radius 1 is 1.21 bits per heavy atom. The number of nitrogens with one attached hydrogen (secondary N) is 1. The van der Waals surface area contributed by atoms with Crippen molar-refractivity contribution in [2.24, 2.45) is 0 Å². The van der Waals surface area contributed by atoms with Gasteiger partial charge in [0.15, 0.2) is 0 Å². The van der Waals surface area contributed by atoms with Crippen molar-refractivity contribution >= 4 is 5.91 Å². The lowest BCUT2D eigenvalue weighted by Crippen LogP contribution is -2.55. The largest absolute Gasteiger partial charge is 0.416 e. The Morgan fingerprint density at radius 2 is 1.93 bits per heavy atom. The van der Waals surface area contributed by atoms with Gasteiger partial charge in [-0.05, 0) is 50.2 Å². The number of halogens is 3. The summed E-state index contributed by atoms with van der Waals surface area (Å²) in [4.78, 5) is 15.1. The fourth-order valence-corrected chi connectivity index (χ4v) is 3.73. The quantitative estimate of drug-likeness (QED) is 0.868. The van der Waals surface area contributed by atoms with Crippen LogP contribution in [-0.4, -0.2) is 30.9 Å². The van der Waals surface area contributed by atoms with Crippen LogP contribution in [0.25, 0.3) is 0 Å². The second-order valence-electron chi connectivity index (χ2n) is 7.11. The number of rotatable bonds is 3. The lowest BCUT2D eigenvalue weighted by atomic mass is 9.82. The lowest BCUT2D eigenvalue weighted by molar-refractivity contribution is -0.137. The number of benzene rings is 2. The van der Waals surface area contributed by atoms with Crippen LogP contribution < -0.4 is 5.32 Å². The Balaban J connectivity index is 1.96. The van der Waals surface area contributed by atoms with Crippen LogP contribution in [0.2, 0.25) is 0 Å². The number of likely N-dealkylation sites (N-methyl/N-ethyl adjacent to an activating group) is 1. The second-order valence-corrected chi connectivity index (χ2v) is 7.11. The Morgan fingerprint density at radius 3 is 2.54 bits per heavy atom. The second kappa shape index (κ2) is 7.64. The summed E-state index contributed by atoms with van der Waals surface area (Å²) >= 11 is 0. The van der Waals surface area contributed by atoms with Crippen LogP contribution in [0.15, 0.2) is 48.5 Å². The van der Waals surface area contributed by atoms with E-state index in [2.05, 4.69) is 10.2 Å². The van der Waals surface area contributed by atoms with Gasteiger partial charge in [-0.2, -0.15) is 18.4 Å². The number of hydrogen-bond donors (Lipinski definition) is 1. The normalized spacial score (nSPS) is 20.4. The van der Waals surface area contributed by atoms with Gasteiger partial charge < -0.3 is 10.2 Å². The molecule has 0 radical (unpaired) electrons. The van der Waals surface area contributed by atoms with Gasteiger partial charge in [0.2, 0.25) is 0 Å². The van der Waals surface area contributed by atoms with E-state index in [0.717, 1.165) is 36.7 Å². The van der Waals surface area contributed by atoms with Gasteiger partial charge in [0.05, 0.1) is 28.3 Å². The molecule has 1 amide bonds. The zero-order chi connectivity index (χ0) is 20.4. The highest BCUT2D eigenvalue weighted by Crippen LogP contribution is 2.33. The molecule has 1 heterocycles. The molecular formula is C21H20F3N3O. The number of nitriles is 1. The number of amides is 1. The predicted molar refractivity (Wildman–Crippen MR) is 98.5 cm³/mol. The third kappa shape index (κ3) is 4.02. The molecule has 146 valence electrons. The number of carbonyl (C=O) groups excluding carboxylic acids is 1. The van der Waals surface area contributed by atoms with E-state index in [9.17, 15) is 23.2 Å². The maximum absolute atomic E-state index is 13.0. The van der Waals surface area contributed by atoms with Crippen molar-refractivity contribution in [2.45, 2.75) is 24.6 Å². The fourth-order valence-electron chi connectivity index (χ4n) is 3.73. The van der Waals surface area contributed by atoms with Gasteiger partial charge in [-0.1, -0.05) is 30.3 Å². The molecule has 1 fully saturated rings. The SMILES string of the molecule is CN1CCCC(NC(=O)c2ccc(C(F)(F)F)cc2C#N)(c2ccccc2)C1. The summed E-state index contributed by atoms with van der Waals surface area (Å²) in [5.41, 5.74) is -1.03. The number of likely N-dealkylation sites (tertiary alicyclic amines) is 1. The molecule has 0 aliphatic carbocycles. The molecule has 4 nitrogen and oxygen atoms in total. The summed E-state index contributed by atoms with van der Waals surface area (Å²) in [6.45, 7) is 1.47. The van der Waals surface area contributed by atoms with Crippen LogP contribution in [0.5, 0.6) is 0 Å². The summed E-state index contributed by atoms with van der Waals surface area (Å²) < 4.78 is 38.8. The van der Waals surface area contributed by atoms with Crippen LogP contribution in [-0.2, 0) is 11.7 Å². The molecule has 1 atom stereocenters. The highest BCUT2D eigenvalue weighted by molar-refractivity contribution is 5.97. The fraction of sp³-hybridized carbons (Fsp3) is 0.333. The van der Waals surface area contributed by atoms with Crippen molar-refractivity contribution < 1.29 is 18.0 Å². The number of carbonyl (C=O) groups is 1. The first-order valence-electron chi connectivity index (χ1n) is 8.93. The molecule has 1 saturated heterocycles. The highest BCUT2D eigenvalue weighted by atomic mass is 19.4. The monoisotopic (exact) mass is 387 g/mol. The molecule has 1 N–H and O–H groups in total. The van der Waals surface area contributed by atoms with Gasteiger partial charge in [0.25, 0.3) is 5.91 Å². The van der Waals surface area contributed by atoms with Crippen molar-refractivity contribution in [1.29, 1.82) is 5.26 Å². The molecule has 7 heteroatoms. The molecule has 0 saturated carbocycles. The molecule has 3 rings (SSSR count). The van der Waals surface area contributed by atoms with Gasteiger partial charge in [0.1, 0.15) is 0 Å². The smallest absolute Gasteiger partial charge is 0.341 e. The zero-order valence-electron chi connectivity index (χ0n) is 15.4. The molecule has 1 aliphatic rings. The minimum absolute atomic E-state index is 0.0565. The first kappa shape index (κ1) is 19.9. The standard InChI is InChI=1S/C21H20F3N3O/c1-27-11-5-10-20(14-27,16-6-3-2-4-7-16)26-19(28)18-9-8-17(21(22,23)24)12-15(18)13-25/h2-4,6-9,12H,5,10-11,14H2,1H3,(H,26,28). The molecule has 2 aromatic carbocycles. The zero-order valence-corrected chi connectivity index (χ0v) is 15.4. The van der Waals surface area contributed by atoms with E-state index in [4.69, 9.17) is 0 Å². The van der Waals surface area contributed by atoms with Crippen molar-refractivity contribution in [2.75, 3.05) is 20.1 Å². The Kier molecular flexibility index (Phi) is 5.43. The molecule has 0 spiro atoms. The summed E-state index contributed by atoms with van der Waals surface area (Å²) in [6, 6.07) is 13.8. The van der Waals surface area contributed by atoms with E-state index < -0.39 is 23.2 Å². The van der Waals surface area contributed by atoms with Crippen LogP contribution in [0.1, 0.15) is 39.9 Å². The summed E-state index contributed by atoms with van der Waals surface area (Å²) in [5, 5.41) is 12.3. The molecule has 0 aromatic heterocycles. The number of piperidine rings is 1. The van der Waals surface area contributed by atoms with E-state index in [1.807, 2.05) is 37.4 Å². The van der Waals surface area contributed by atoms with E-state index in [0.29, 0.717) is 13.0 Å². The van der Waals surface area contributed by atoms with Crippen LogP contribution >= 0.6 is 0 Å². The molecule has 28 heavy (non-hydrogen) atoms. The van der Waals surface area contributed by atoms with E-state index in [1.165, 1.54) is 0 Å². The summed E-state index contributed by atoms with van der Waals surface area (Å²) in [5.74, 6) is -0.551. The maximum Gasteiger partial charge on any atom is 0.416 e. The van der Waals surface area contributed by atoms with Crippen molar-refractivity contribution in [3.05, 3.63) is 70.8 Å². The van der Waals surface area contributed by atoms with Gasteiger partial charge >= 0.3 is 6.18 Å². The Bertz CT molecular complexity index is 905. The van der Waals surface area contributed by atoms with E-state index >= 15 is 0 Å². The predicted octanol–water partition coefficient (Wildman–Crippen LogP) is 3.93. The maximum atomic E-state index is 13.0. The van der Waals surface area contributed by atoms with E-state index in [1.54, 1.807) is 6.07 Å². The topological polar surface area (TPSA) is 56.1 Å². The highest BCUT2D eigenvalue weighted by Gasteiger charge is 2.38. The van der Waals surface area contributed by atoms with Gasteiger partial charge in [0, 0.05) is 6.54 Å². The van der Waals surface area contributed by atoms with Crippen LogP contribution in [0.3, 0.4) is 0 Å². The van der Waals surface area contributed by atoms with Crippen LogP contribution in [0, 0.1) is 11.3 Å². The first-order chi connectivity index (χ1) is 13.2. The average molecular weight is 387 g/mol. The Hall–Kier alpha value is -2.85. The average Bonchev–Trinajstić information content (AvgIpc) is 2.67. The lowest BCUT2D eigenvalue weighted by Gasteiger charge is -2.42. The minimum Gasteiger partial charge on any atom is -0.341 e. The molecule has 0 bridgehead atoms. The van der Waals surface area contributed by atoms with Gasteiger partial charge in [-0.3, -0.25) is 4.79 Å². The van der Waals surface area contributed by atoms with Gasteiger partial charge in [-0.25, -0.2) is 0 Å². The number of hydrogen-bond acceptors (Lipinski definition) is 3. The number of alkyl halides is 3. The molecule has 1 aliphatic heterocycles. The van der Waals surface area contributed by atoms with Crippen LogP contribution in [0.4, 0.5) is 13.2 Å². The minimum atomic E-state index is -4.57. The third-order valence-corrected chi connectivity index (χ3v) is 5.07.